The predicted molar refractivity (Wildman–Crippen MR) is 64.3 cm³/mol. The second kappa shape index (κ2) is 4.41. The van der Waals surface area contributed by atoms with Crippen LogP contribution in [-0.4, -0.2) is 17.8 Å². The van der Waals surface area contributed by atoms with Crippen molar-refractivity contribution in [1.29, 1.82) is 0 Å². The largest absolute Gasteiger partial charge is 0.508 e. The van der Waals surface area contributed by atoms with Gasteiger partial charge >= 0.3 is 0 Å². The van der Waals surface area contributed by atoms with Crippen LogP contribution in [0.15, 0.2) is 16.6 Å². The number of hydrogen-bond acceptors (Lipinski definition) is 3. The summed E-state index contributed by atoms with van der Waals surface area (Å²) in [4.78, 5) is 0. The Kier molecular flexibility index (Phi) is 3.62. The van der Waals surface area contributed by atoms with E-state index < -0.39 is 0 Å². The second-order valence-electron chi connectivity index (χ2n) is 4.28. The van der Waals surface area contributed by atoms with Gasteiger partial charge in [0.05, 0.1) is 11.6 Å². The van der Waals surface area contributed by atoms with Crippen LogP contribution in [0.25, 0.3) is 0 Å². The molecule has 3 N–H and O–H groups in total. The molecule has 84 valence electrons. The SMILES string of the molecule is COc1cc(O)c(CC(C)(C)N)cc1Br. The van der Waals surface area contributed by atoms with Crippen molar-refractivity contribution in [2.75, 3.05) is 7.11 Å². The Morgan fingerprint density at radius 1 is 1.47 bits per heavy atom. The molecular weight excluding hydrogens is 258 g/mol. The average Bonchev–Trinajstić information content (AvgIpc) is 2.08. The summed E-state index contributed by atoms with van der Waals surface area (Å²) >= 11 is 3.37. The van der Waals surface area contributed by atoms with Crippen molar-refractivity contribution >= 4 is 15.9 Å². The summed E-state index contributed by atoms with van der Waals surface area (Å²) in [6.07, 6.45) is 0.613. The molecular formula is C11H16BrNO2. The Balaban J connectivity index is 3.05. The van der Waals surface area contributed by atoms with Crippen LogP contribution in [0.1, 0.15) is 19.4 Å². The topological polar surface area (TPSA) is 55.5 Å². The summed E-state index contributed by atoms with van der Waals surface area (Å²) in [6.45, 7) is 3.84. The van der Waals surface area contributed by atoms with E-state index in [0.29, 0.717) is 12.2 Å². The van der Waals surface area contributed by atoms with Crippen LogP contribution in [0.5, 0.6) is 11.5 Å². The van der Waals surface area contributed by atoms with Crippen LogP contribution < -0.4 is 10.5 Å². The molecule has 0 spiro atoms. The van der Waals surface area contributed by atoms with Crippen molar-refractivity contribution in [3.05, 3.63) is 22.2 Å². The van der Waals surface area contributed by atoms with Gasteiger partial charge in [-0.3, -0.25) is 0 Å². The van der Waals surface area contributed by atoms with E-state index in [1.54, 1.807) is 13.2 Å². The average molecular weight is 274 g/mol. The molecule has 0 aliphatic heterocycles. The summed E-state index contributed by atoms with van der Waals surface area (Å²) in [6, 6.07) is 3.42. The fourth-order valence-corrected chi connectivity index (χ4v) is 1.93. The zero-order valence-corrected chi connectivity index (χ0v) is 10.8. The van der Waals surface area contributed by atoms with Gasteiger partial charge < -0.3 is 15.6 Å². The highest BCUT2D eigenvalue weighted by Crippen LogP contribution is 2.33. The van der Waals surface area contributed by atoms with E-state index in [2.05, 4.69) is 15.9 Å². The predicted octanol–water partition coefficient (Wildman–Crippen LogP) is 2.44. The Morgan fingerprint density at radius 2 is 2.07 bits per heavy atom. The first kappa shape index (κ1) is 12.3. The molecule has 15 heavy (non-hydrogen) atoms. The molecule has 0 saturated carbocycles. The minimum absolute atomic E-state index is 0.216. The molecule has 0 aliphatic carbocycles. The van der Waals surface area contributed by atoms with E-state index in [1.807, 2.05) is 19.9 Å². The van der Waals surface area contributed by atoms with Crippen molar-refractivity contribution < 1.29 is 9.84 Å². The molecule has 0 atom stereocenters. The molecule has 0 aliphatic rings. The third kappa shape index (κ3) is 3.39. The Morgan fingerprint density at radius 3 is 2.53 bits per heavy atom. The van der Waals surface area contributed by atoms with Gasteiger partial charge in [-0.2, -0.15) is 0 Å². The van der Waals surface area contributed by atoms with Gasteiger partial charge in [0.25, 0.3) is 0 Å². The first-order valence-electron chi connectivity index (χ1n) is 4.68. The monoisotopic (exact) mass is 273 g/mol. The van der Waals surface area contributed by atoms with Gasteiger partial charge in [-0.25, -0.2) is 0 Å². The van der Waals surface area contributed by atoms with E-state index >= 15 is 0 Å². The lowest BCUT2D eigenvalue weighted by Crippen LogP contribution is -2.34. The molecule has 1 rings (SSSR count). The molecule has 3 nitrogen and oxygen atoms in total. The van der Waals surface area contributed by atoms with E-state index in [-0.39, 0.29) is 11.3 Å². The number of phenols is 1. The molecule has 0 heterocycles. The summed E-state index contributed by atoms with van der Waals surface area (Å²) in [5, 5.41) is 9.75. The summed E-state index contributed by atoms with van der Waals surface area (Å²) < 4.78 is 5.89. The highest BCUT2D eigenvalue weighted by atomic mass is 79.9. The lowest BCUT2D eigenvalue weighted by molar-refractivity contribution is 0.401. The molecule has 1 aromatic carbocycles. The van der Waals surface area contributed by atoms with E-state index in [0.717, 1.165) is 10.0 Å². The lowest BCUT2D eigenvalue weighted by Gasteiger charge is -2.19. The van der Waals surface area contributed by atoms with E-state index in [4.69, 9.17) is 10.5 Å². The molecule has 0 aromatic heterocycles. The molecule has 0 radical (unpaired) electrons. The minimum Gasteiger partial charge on any atom is -0.508 e. The minimum atomic E-state index is -0.342. The molecule has 0 fully saturated rings. The number of hydrogen-bond donors (Lipinski definition) is 2. The van der Waals surface area contributed by atoms with E-state index in [9.17, 15) is 5.11 Å². The van der Waals surface area contributed by atoms with Gasteiger partial charge in [-0.15, -0.1) is 0 Å². The Labute approximate surface area is 98.4 Å². The molecule has 4 heteroatoms. The van der Waals surface area contributed by atoms with Crippen LogP contribution in [0, 0.1) is 0 Å². The summed E-state index contributed by atoms with van der Waals surface area (Å²) in [5.74, 6) is 0.833. The van der Waals surface area contributed by atoms with Crippen LogP contribution in [0.4, 0.5) is 0 Å². The third-order valence-corrected chi connectivity index (χ3v) is 2.62. The molecule has 0 bridgehead atoms. The van der Waals surface area contributed by atoms with Crippen LogP contribution in [-0.2, 0) is 6.42 Å². The van der Waals surface area contributed by atoms with Gasteiger partial charge in [0.15, 0.2) is 0 Å². The Bertz CT molecular complexity index is 358. The molecule has 0 unspecified atom stereocenters. The molecule has 0 amide bonds. The highest BCUT2D eigenvalue weighted by molar-refractivity contribution is 9.10. The maximum Gasteiger partial charge on any atom is 0.136 e. The van der Waals surface area contributed by atoms with Crippen LogP contribution >= 0.6 is 15.9 Å². The number of halogens is 1. The van der Waals surface area contributed by atoms with Gasteiger partial charge in [-0.05, 0) is 47.8 Å². The van der Waals surface area contributed by atoms with Crippen molar-refractivity contribution in [1.82, 2.24) is 0 Å². The maximum atomic E-state index is 9.75. The molecule has 0 saturated heterocycles. The first-order chi connectivity index (χ1) is 6.83. The fourth-order valence-electron chi connectivity index (χ4n) is 1.37. The first-order valence-corrected chi connectivity index (χ1v) is 5.47. The fraction of sp³-hybridized carbons (Fsp3) is 0.455. The van der Waals surface area contributed by atoms with Crippen LogP contribution in [0.2, 0.25) is 0 Å². The zero-order chi connectivity index (χ0) is 11.6. The maximum absolute atomic E-state index is 9.75. The number of methoxy groups -OCH3 is 1. The number of aromatic hydroxyl groups is 1. The number of phenolic OH excluding ortho intramolecular Hbond substituents is 1. The second-order valence-corrected chi connectivity index (χ2v) is 5.14. The van der Waals surface area contributed by atoms with Gasteiger partial charge in [0.1, 0.15) is 11.5 Å². The number of nitrogens with two attached hydrogens (primary N) is 1. The van der Waals surface area contributed by atoms with Crippen molar-refractivity contribution in [3.63, 3.8) is 0 Å². The summed E-state index contributed by atoms with van der Waals surface area (Å²) in [5.41, 5.74) is 6.37. The van der Waals surface area contributed by atoms with Gasteiger partial charge in [0, 0.05) is 11.6 Å². The number of ether oxygens (including phenoxy) is 1. The van der Waals surface area contributed by atoms with Gasteiger partial charge in [-0.1, -0.05) is 0 Å². The third-order valence-electron chi connectivity index (χ3n) is 2.00. The van der Waals surface area contributed by atoms with Gasteiger partial charge in [0.2, 0.25) is 0 Å². The van der Waals surface area contributed by atoms with E-state index in [1.165, 1.54) is 0 Å². The van der Waals surface area contributed by atoms with Crippen LogP contribution in [0.3, 0.4) is 0 Å². The smallest absolute Gasteiger partial charge is 0.136 e. The van der Waals surface area contributed by atoms with Crippen molar-refractivity contribution in [2.24, 2.45) is 5.73 Å². The quantitative estimate of drug-likeness (QED) is 0.890. The molecule has 1 aromatic rings. The summed E-state index contributed by atoms with van der Waals surface area (Å²) in [7, 11) is 1.56. The Hall–Kier alpha value is -0.740. The zero-order valence-electron chi connectivity index (χ0n) is 9.17. The highest BCUT2D eigenvalue weighted by Gasteiger charge is 2.16. The van der Waals surface area contributed by atoms with Crippen molar-refractivity contribution in [2.45, 2.75) is 25.8 Å². The standard InChI is InChI=1S/C11H16BrNO2/c1-11(2,13)6-7-4-8(12)10(15-3)5-9(7)14/h4-5,14H,6,13H2,1-3H3. The number of benzene rings is 1. The number of rotatable bonds is 3. The van der Waals surface area contributed by atoms with Crippen molar-refractivity contribution in [3.8, 4) is 11.5 Å². The lowest BCUT2D eigenvalue weighted by atomic mass is 9.95. The normalized spacial score (nSPS) is 11.5.